The smallest absolute Gasteiger partial charge is 0.0137 e. The molecule has 11 heavy (non-hydrogen) atoms. The lowest BCUT2D eigenvalue weighted by Gasteiger charge is -2.17. The van der Waals surface area contributed by atoms with Gasteiger partial charge in [0.25, 0.3) is 0 Å². The van der Waals surface area contributed by atoms with Gasteiger partial charge in [-0.15, -0.1) is 0 Å². The van der Waals surface area contributed by atoms with Crippen molar-refractivity contribution >= 4 is 0 Å². The number of hydrogen-bond donors (Lipinski definition) is 1. The van der Waals surface area contributed by atoms with E-state index in [1.165, 1.54) is 19.3 Å². The van der Waals surface area contributed by atoms with Crippen LogP contribution in [0.2, 0.25) is 0 Å². The molecule has 1 heteroatoms. The standard InChI is InChI=1S/C10H17N/c1-2-3-9-11-10-7-5-4-6-8-10/h2-5,10-11H,6-9H2,1H3/b3-2+. The van der Waals surface area contributed by atoms with E-state index < -0.39 is 0 Å². The van der Waals surface area contributed by atoms with Crippen LogP contribution in [0.4, 0.5) is 0 Å². The number of rotatable bonds is 3. The maximum atomic E-state index is 3.48. The van der Waals surface area contributed by atoms with Crippen molar-refractivity contribution in [2.45, 2.75) is 32.2 Å². The highest BCUT2D eigenvalue weighted by Crippen LogP contribution is 2.09. The second kappa shape index (κ2) is 5.14. The zero-order chi connectivity index (χ0) is 7.94. The van der Waals surface area contributed by atoms with E-state index in [4.69, 9.17) is 0 Å². The quantitative estimate of drug-likeness (QED) is 0.610. The summed E-state index contributed by atoms with van der Waals surface area (Å²) >= 11 is 0. The molecular formula is C10H17N. The van der Waals surface area contributed by atoms with E-state index in [-0.39, 0.29) is 0 Å². The molecule has 0 saturated carbocycles. The van der Waals surface area contributed by atoms with Crippen molar-refractivity contribution in [3.05, 3.63) is 24.3 Å². The Hall–Kier alpha value is -0.560. The predicted molar refractivity (Wildman–Crippen MR) is 49.6 cm³/mol. The Balaban J connectivity index is 2.11. The zero-order valence-corrected chi connectivity index (χ0v) is 7.22. The van der Waals surface area contributed by atoms with Gasteiger partial charge in [0.2, 0.25) is 0 Å². The fraction of sp³-hybridized carbons (Fsp3) is 0.600. The third kappa shape index (κ3) is 3.38. The lowest BCUT2D eigenvalue weighted by molar-refractivity contribution is 0.498. The molecule has 0 aromatic rings. The SMILES string of the molecule is C/C=C/CNC1CC=CCC1. The maximum absolute atomic E-state index is 3.48. The highest BCUT2D eigenvalue weighted by molar-refractivity contribution is 4.94. The van der Waals surface area contributed by atoms with E-state index in [9.17, 15) is 0 Å². The summed E-state index contributed by atoms with van der Waals surface area (Å²) in [6, 6.07) is 0.719. The summed E-state index contributed by atoms with van der Waals surface area (Å²) in [5.74, 6) is 0. The molecule has 62 valence electrons. The highest BCUT2D eigenvalue weighted by Gasteiger charge is 2.06. The molecule has 1 unspecified atom stereocenters. The Morgan fingerprint density at radius 2 is 2.45 bits per heavy atom. The lowest BCUT2D eigenvalue weighted by Crippen LogP contribution is -2.29. The minimum Gasteiger partial charge on any atom is -0.310 e. The van der Waals surface area contributed by atoms with Gasteiger partial charge in [-0.2, -0.15) is 0 Å². The van der Waals surface area contributed by atoms with Gasteiger partial charge in [-0.1, -0.05) is 24.3 Å². The average Bonchev–Trinajstić information content (AvgIpc) is 2.07. The van der Waals surface area contributed by atoms with Gasteiger partial charge in [0.15, 0.2) is 0 Å². The molecule has 0 saturated heterocycles. The summed E-state index contributed by atoms with van der Waals surface area (Å²) in [7, 11) is 0. The Kier molecular flexibility index (Phi) is 3.99. The maximum Gasteiger partial charge on any atom is 0.0137 e. The lowest BCUT2D eigenvalue weighted by atomic mass is 10.0. The predicted octanol–water partition coefficient (Wildman–Crippen LogP) is 2.26. The van der Waals surface area contributed by atoms with E-state index in [1.54, 1.807) is 0 Å². The average molecular weight is 151 g/mol. The molecule has 0 spiro atoms. The van der Waals surface area contributed by atoms with Crippen LogP contribution in [0, 0.1) is 0 Å². The third-order valence-electron chi connectivity index (χ3n) is 2.03. The first kappa shape index (κ1) is 8.54. The Morgan fingerprint density at radius 1 is 1.55 bits per heavy atom. The fourth-order valence-corrected chi connectivity index (χ4v) is 1.33. The van der Waals surface area contributed by atoms with Gasteiger partial charge in [0, 0.05) is 12.6 Å². The van der Waals surface area contributed by atoms with Crippen LogP contribution in [0.1, 0.15) is 26.2 Å². The van der Waals surface area contributed by atoms with Crippen LogP contribution in [-0.2, 0) is 0 Å². The summed E-state index contributed by atoms with van der Waals surface area (Å²) < 4.78 is 0. The van der Waals surface area contributed by atoms with Crippen molar-refractivity contribution in [1.82, 2.24) is 5.32 Å². The molecule has 0 bridgehead atoms. The summed E-state index contributed by atoms with van der Waals surface area (Å²) in [5.41, 5.74) is 0. The number of hydrogen-bond acceptors (Lipinski definition) is 1. The third-order valence-corrected chi connectivity index (χ3v) is 2.03. The van der Waals surface area contributed by atoms with Gasteiger partial charge < -0.3 is 5.32 Å². The summed E-state index contributed by atoms with van der Waals surface area (Å²) in [4.78, 5) is 0. The molecule has 0 fully saturated rings. The zero-order valence-electron chi connectivity index (χ0n) is 7.22. The van der Waals surface area contributed by atoms with Gasteiger partial charge in [-0.05, 0) is 26.2 Å². The molecule has 1 N–H and O–H groups in total. The highest BCUT2D eigenvalue weighted by atomic mass is 14.9. The van der Waals surface area contributed by atoms with Crippen LogP contribution in [0.3, 0.4) is 0 Å². The molecule has 1 rings (SSSR count). The van der Waals surface area contributed by atoms with Crippen molar-refractivity contribution in [3.8, 4) is 0 Å². The van der Waals surface area contributed by atoms with E-state index in [2.05, 4.69) is 36.5 Å². The summed E-state index contributed by atoms with van der Waals surface area (Å²) in [6.07, 6.45) is 12.5. The van der Waals surface area contributed by atoms with Crippen molar-refractivity contribution < 1.29 is 0 Å². The second-order valence-corrected chi connectivity index (χ2v) is 2.96. The molecule has 1 aliphatic carbocycles. The molecule has 0 radical (unpaired) electrons. The van der Waals surface area contributed by atoms with Gasteiger partial charge >= 0.3 is 0 Å². The van der Waals surface area contributed by atoms with Crippen LogP contribution < -0.4 is 5.32 Å². The van der Waals surface area contributed by atoms with E-state index >= 15 is 0 Å². The molecule has 0 aromatic heterocycles. The first-order valence-electron chi connectivity index (χ1n) is 4.43. The van der Waals surface area contributed by atoms with Gasteiger partial charge in [-0.3, -0.25) is 0 Å². The van der Waals surface area contributed by atoms with Gasteiger partial charge in [0.1, 0.15) is 0 Å². The second-order valence-electron chi connectivity index (χ2n) is 2.96. The first-order valence-corrected chi connectivity index (χ1v) is 4.43. The van der Waals surface area contributed by atoms with Crippen molar-refractivity contribution in [2.75, 3.05) is 6.54 Å². The molecular weight excluding hydrogens is 134 g/mol. The first-order chi connectivity index (χ1) is 5.43. The number of nitrogens with one attached hydrogen (secondary N) is 1. The minimum absolute atomic E-state index is 0.719. The van der Waals surface area contributed by atoms with Crippen molar-refractivity contribution in [2.24, 2.45) is 0 Å². The van der Waals surface area contributed by atoms with Gasteiger partial charge in [0.05, 0.1) is 0 Å². The topological polar surface area (TPSA) is 12.0 Å². The molecule has 1 atom stereocenters. The van der Waals surface area contributed by atoms with Crippen LogP contribution in [0.15, 0.2) is 24.3 Å². The normalized spacial score (nSPS) is 24.6. The Labute approximate surface area is 69.2 Å². The molecule has 0 amide bonds. The van der Waals surface area contributed by atoms with Crippen LogP contribution in [0.25, 0.3) is 0 Å². The number of allylic oxidation sites excluding steroid dienone is 2. The summed E-state index contributed by atoms with van der Waals surface area (Å²) in [6.45, 7) is 3.08. The van der Waals surface area contributed by atoms with Crippen LogP contribution >= 0.6 is 0 Å². The van der Waals surface area contributed by atoms with E-state index in [1.807, 2.05) is 0 Å². The monoisotopic (exact) mass is 151 g/mol. The minimum atomic E-state index is 0.719. The van der Waals surface area contributed by atoms with Gasteiger partial charge in [-0.25, -0.2) is 0 Å². The molecule has 0 heterocycles. The van der Waals surface area contributed by atoms with Crippen molar-refractivity contribution in [1.29, 1.82) is 0 Å². The van der Waals surface area contributed by atoms with Crippen LogP contribution in [0.5, 0.6) is 0 Å². The molecule has 1 aliphatic rings. The van der Waals surface area contributed by atoms with Crippen LogP contribution in [-0.4, -0.2) is 12.6 Å². The molecule has 0 aliphatic heterocycles. The summed E-state index contributed by atoms with van der Waals surface area (Å²) in [5, 5.41) is 3.48. The Morgan fingerprint density at radius 3 is 3.09 bits per heavy atom. The van der Waals surface area contributed by atoms with E-state index in [0.29, 0.717) is 0 Å². The van der Waals surface area contributed by atoms with E-state index in [0.717, 1.165) is 12.6 Å². The molecule has 0 aromatic carbocycles. The molecule has 1 nitrogen and oxygen atoms in total. The fourth-order valence-electron chi connectivity index (χ4n) is 1.33. The largest absolute Gasteiger partial charge is 0.310 e. The van der Waals surface area contributed by atoms with Crippen molar-refractivity contribution in [3.63, 3.8) is 0 Å². The Bertz CT molecular complexity index is 147.